The Morgan fingerprint density at radius 3 is 2.60 bits per heavy atom. The lowest BCUT2D eigenvalue weighted by molar-refractivity contribution is 0.233. The number of sulfonamides is 1. The maximum atomic E-state index is 12.7. The molecule has 1 unspecified atom stereocenters. The fraction of sp³-hybridized carbons (Fsp3) is 0.538. The van der Waals surface area contributed by atoms with Crippen LogP contribution in [-0.2, 0) is 10.0 Å². The predicted octanol–water partition coefficient (Wildman–Crippen LogP) is 2.61. The first-order valence-electron chi connectivity index (χ1n) is 6.35. The van der Waals surface area contributed by atoms with Crippen LogP contribution in [0, 0.1) is 19.8 Å². The Bertz CT molecular complexity index is 605. The Morgan fingerprint density at radius 1 is 1.40 bits per heavy atom. The molecule has 0 radical (unpaired) electrons. The van der Waals surface area contributed by atoms with Crippen molar-refractivity contribution in [3.63, 3.8) is 0 Å². The van der Waals surface area contributed by atoms with E-state index in [9.17, 15) is 8.42 Å². The van der Waals surface area contributed by atoms with E-state index < -0.39 is 10.0 Å². The smallest absolute Gasteiger partial charge is 0.244 e. The van der Waals surface area contributed by atoms with Gasteiger partial charge >= 0.3 is 0 Å². The minimum Gasteiger partial charge on any atom is -0.396 e. The van der Waals surface area contributed by atoms with Gasteiger partial charge in [-0.25, -0.2) is 8.42 Å². The minimum atomic E-state index is -3.68. The zero-order chi connectivity index (χ0) is 15.1. The van der Waals surface area contributed by atoms with Crippen LogP contribution in [0.2, 0.25) is 10.0 Å². The highest BCUT2D eigenvalue weighted by Crippen LogP contribution is 2.36. The van der Waals surface area contributed by atoms with Crippen LogP contribution in [0.1, 0.15) is 17.5 Å². The molecule has 1 atom stereocenters. The van der Waals surface area contributed by atoms with E-state index in [1.165, 1.54) is 4.31 Å². The summed E-state index contributed by atoms with van der Waals surface area (Å²) in [5.74, 6) is -0.0101. The Labute approximate surface area is 129 Å². The lowest BCUT2D eigenvalue weighted by Crippen LogP contribution is -2.30. The van der Waals surface area contributed by atoms with Crippen molar-refractivity contribution in [2.24, 2.45) is 5.92 Å². The topological polar surface area (TPSA) is 57.6 Å². The lowest BCUT2D eigenvalue weighted by atomic mass is 10.1. The molecule has 1 aromatic rings. The Morgan fingerprint density at radius 2 is 2.05 bits per heavy atom. The number of nitrogens with zero attached hydrogens (tertiary/aromatic N) is 1. The van der Waals surface area contributed by atoms with Gasteiger partial charge in [-0.1, -0.05) is 23.2 Å². The predicted molar refractivity (Wildman–Crippen MR) is 79.9 cm³/mol. The van der Waals surface area contributed by atoms with Crippen molar-refractivity contribution >= 4 is 33.2 Å². The summed E-state index contributed by atoms with van der Waals surface area (Å²) in [6.07, 6.45) is 0.659. The number of hydrogen-bond acceptors (Lipinski definition) is 3. The molecule has 1 aliphatic rings. The van der Waals surface area contributed by atoms with Crippen LogP contribution in [0.25, 0.3) is 0 Å². The van der Waals surface area contributed by atoms with Crippen LogP contribution < -0.4 is 0 Å². The number of benzene rings is 1. The molecule has 112 valence electrons. The fourth-order valence-corrected chi connectivity index (χ4v) is 5.11. The van der Waals surface area contributed by atoms with E-state index in [0.29, 0.717) is 35.7 Å². The molecule has 20 heavy (non-hydrogen) atoms. The van der Waals surface area contributed by atoms with Crippen molar-refractivity contribution < 1.29 is 13.5 Å². The number of halogens is 2. The van der Waals surface area contributed by atoms with Crippen molar-refractivity contribution in [2.75, 3.05) is 19.7 Å². The van der Waals surface area contributed by atoms with Gasteiger partial charge in [0.1, 0.15) is 4.90 Å². The van der Waals surface area contributed by atoms with E-state index in [4.69, 9.17) is 28.3 Å². The summed E-state index contributed by atoms with van der Waals surface area (Å²) >= 11 is 12.3. The van der Waals surface area contributed by atoms with Crippen LogP contribution in [0.3, 0.4) is 0 Å². The third-order valence-electron chi connectivity index (χ3n) is 3.69. The fourth-order valence-electron chi connectivity index (χ4n) is 2.41. The van der Waals surface area contributed by atoms with Gasteiger partial charge in [0, 0.05) is 24.7 Å². The summed E-state index contributed by atoms with van der Waals surface area (Å²) in [5, 5.41) is 9.76. The van der Waals surface area contributed by atoms with Gasteiger partial charge in [0.15, 0.2) is 0 Å². The van der Waals surface area contributed by atoms with Crippen LogP contribution in [0.4, 0.5) is 0 Å². The molecule has 1 aliphatic heterocycles. The molecule has 7 heteroatoms. The first-order chi connectivity index (χ1) is 9.28. The van der Waals surface area contributed by atoms with Crippen molar-refractivity contribution in [3.8, 4) is 0 Å². The summed E-state index contributed by atoms with van der Waals surface area (Å²) in [6.45, 7) is 4.09. The van der Waals surface area contributed by atoms with Crippen molar-refractivity contribution in [1.82, 2.24) is 4.31 Å². The number of hydrogen-bond donors (Lipinski definition) is 1. The van der Waals surface area contributed by atoms with Crippen LogP contribution >= 0.6 is 23.2 Å². The average molecular weight is 338 g/mol. The first kappa shape index (κ1) is 16.0. The van der Waals surface area contributed by atoms with E-state index in [2.05, 4.69) is 0 Å². The number of aryl methyl sites for hydroxylation is 1. The molecule has 1 heterocycles. The third-order valence-corrected chi connectivity index (χ3v) is 6.72. The van der Waals surface area contributed by atoms with Gasteiger partial charge in [0.25, 0.3) is 0 Å². The summed E-state index contributed by atoms with van der Waals surface area (Å²) in [6, 6.07) is 1.67. The molecule has 0 aliphatic carbocycles. The minimum absolute atomic E-state index is 0.00664. The van der Waals surface area contributed by atoms with Crippen LogP contribution in [-0.4, -0.2) is 37.5 Å². The third kappa shape index (κ3) is 2.70. The molecular weight excluding hydrogens is 321 g/mol. The second-order valence-electron chi connectivity index (χ2n) is 5.14. The molecule has 0 aromatic heterocycles. The average Bonchev–Trinajstić information content (AvgIpc) is 2.86. The van der Waals surface area contributed by atoms with Crippen LogP contribution in [0.5, 0.6) is 0 Å². The van der Waals surface area contributed by atoms with Crippen LogP contribution in [0.15, 0.2) is 11.0 Å². The zero-order valence-corrected chi connectivity index (χ0v) is 13.7. The standard InChI is InChI=1S/C13H17Cl2NO3S/c1-8-5-11(14)9(2)13(12(8)15)20(18,19)16-4-3-10(6-16)7-17/h5,10,17H,3-4,6-7H2,1-2H3. The molecule has 1 N–H and O–H groups in total. The molecule has 0 saturated carbocycles. The van der Waals surface area contributed by atoms with Gasteiger partial charge in [0.05, 0.1) is 5.02 Å². The molecule has 1 saturated heterocycles. The second kappa shape index (κ2) is 5.81. The molecule has 0 bridgehead atoms. The Kier molecular flexibility index (Phi) is 4.66. The highest BCUT2D eigenvalue weighted by Gasteiger charge is 2.35. The summed E-state index contributed by atoms with van der Waals surface area (Å²) in [4.78, 5) is 0.0859. The van der Waals surface area contributed by atoms with Crippen molar-refractivity contribution in [1.29, 1.82) is 0 Å². The SMILES string of the molecule is Cc1cc(Cl)c(C)c(S(=O)(=O)N2CCC(CO)C2)c1Cl. The highest BCUT2D eigenvalue weighted by atomic mass is 35.5. The maximum Gasteiger partial charge on any atom is 0.244 e. The normalized spacial score (nSPS) is 20.6. The Hall–Kier alpha value is -0.330. The number of aliphatic hydroxyl groups is 1. The maximum absolute atomic E-state index is 12.7. The molecule has 1 aromatic carbocycles. The molecule has 0 spiro atoms. The highest BCUT2D eigenvalue weighted by molar-refractivity contribution is 7.89. The van der Waals surface area contributed by atoms with E-state index in [1.54, 1.807) is 19.9 Å². The van der Waals surface area contributed by atoms with Gasteiger partial charge in [0.2, 0.25) is 10.0 Å². The largest absolute Gasteiger partial charge is 0.396 e. The van der Waals surface area contributed by atoms with Gasteiger partial charge in [-0.05, 0) is 43.4 Å². The van der Waals surface area contributed by atoms with Crippen molar-refractivity contribution in [2.45, 2.75) is 25.2 Å². The van der Waals surface area contributed by atoms with Gasteiger partial charge in [-0.3, -0.25) is 0 Å². The first-order valence-corrected chi connectivity index (χ1v) is 8.54. The number of aliphatic hydroxyl groups excluding tert-OH is 1. The summed E-state index contributed by atoms with van der Waals surface area (Å²) < 4.78 is 26.9. The van der Waals surface area contributed by atoms with E-state index in [-0.39, 0.29) is 22.4 Å². The molecule has 4 nitrogen and oxygen atoms in total. The number of rotatable bonds is 3. The second-order valence-corrected chi connectivity index (χ2v) is 7.80. The van der Waals surface area contributed by atoms with Gasteiger partial charge < -0.3 is 5.11 Å². The molecule has 0 amide bonds. The summed E-state index contributed by atoms with van der Waals surface area (Å²) in [7, 11) is -3.68. The molecule has 1 fully saturated rings. The van der Waals surface area contributed by atoms with Crippen molar-refractivity contribution in [3.05, 3.63) is 27.2 Å². The van der Waals surface area contributed by atoms with E-state index >= 15 is 0 Å². The quantitative estimate of drug-likeness (QED) is 0.922. The molecule has 2 rings (SSSR count). The van der Waals surface area contributed by atoms with Gasteiger partial charge in [-0.15, -0.1) is 0 Å². The summed E-state index contributed by atoms with van der Waals surface area (Å²) in [5.41, 5.74) is 1.11. The van der Waals surface area contributed by atoms with E-state index in [1.807, 2.05) is 0 Å². The van der Waals surface area contributed by atoms with Gasteiger partial charge in [-0.2, -0.15) is 4.31 Å². The monoisotopic (exact) mass is 337 g/mol. The zero-order valence-electron chi connectivity index (χ0n) is 11.4. The molecular formula is C13H17Cl2NO3S. The lowest BCUT2D eigenvalue weighted by Gasteiger charge is -2.20. The van der Waals surface area contributed by atoms with E-state index in [0.717, 1.165) is 0 Å². The Balaban J connectivity index is 2.51.